The Morgan fingerprint density at radius 1 is 1.38 bits per heavy atom. The van der Waals surface area contributed by atoms with Crippen LogP contribution in [0, 0.1) is 18.2 Å². The first-order valence-electron chi connectivity index (χ1n) is 5.34. The molecule has 0 aliphatic carbocycles. The zero-order valence-electron chi connectivity index (χ0n) is 10.1. The van der Waals surface area contributed by atoms with Crippen molar-refractivity contribution in [3.05, 3.63) is 34.1 Å². The number of hydrogen-bond donors (Lipinski definition) is 1. The molecule has 16 heavy (non-hydrogen) atoms. The SMILES string of the molecule is Cc1cc(C(O)CC(C)(C)C)c(Cl)cc1F. The van der Waals surface area contributed by atoms with E-state index in [1.165, 1.54) is 6.07 Å². The van der Waals surface area contributed by atoms with Crippen molar-refractivity contribution in [3.63, 3.8) is 0 Å². The van der Waals surface area contributed by atoms with Crippen molar-refractivity contribution in [2.45, 2.75) is 40.2 Å². The first-order valence-corrected chi connectivity index (χ1v) is 5.72. The summed E-state index contributed by atoms with van der Waals surface area (Å²) in [6, 6.07) is 2.88. The summed E-state index contributed by atoms with van der Waals surface area (Å²) >= 11 is 5.93. The second kappa shape index (κ2) is 4.72. The van der Waals surface area contributed by atoms with Gasteiger partial charge in [0, 0.05) is 5.02 Å². The second-order valence-electron chi connectivity index (χ2n) is 5.40. The minimum atomic E-state index is -0.646. The molecular weight excluding hydrogens is 227 g/mol. The van der Waals surface area contributed by atoms with Crippen molar-refractivity contribution < 1.29 is 9.50 Å². The van der Waals surface area contributed by atoms with Gasteiger partial charge in [-0.2, -0.15) is 0 Å². The van der Waals surface area contributed by atoms with Crippen LogP contribution in [0.4, 0.5) is 4.39 Å². The molecule has 0 saturated carbocycles. The summed E-state index contributed by atoms with van der Waals surface area (Å²) in [4.78, 5) is 0. The Morgan fingerprint density at radius 2 is 1.94 bits per heavy atom. The average Bonchev–Trinajstić information content (AvgIpc) is 2.08. The Balaban J connectivity index is 3.00. The second-order valence-corrected chi connectivity index (χ2v) is 5.81. The third kappa shape index (κ3) is 3.46. The summed E-state index contributed by atoms with van der Waals surface area (Å²) in [5.74, 6) is -0.336. The fourth-order valence-electron chi connectivity index (χ4n) is 1.62. The standard InChI is InChI=1S/C13H18ClFO/c1-8-5-9(10(14)6-11(8)15)12(16)7-13(2,3)4/h5-6,12,16H,7H2,1-4H3. The number of benzene rings is 1. The summed E-state index contributed by atoms with van der Waals surface area (Å²) in [7, 11) is 0. The van der Waals surface area contributed by atoms with Crippen molar-refractivity contribution in [2.24, 2.45) is 5.41 Å². The van der Waals surface area contributed by atoms with Gasteiger partial charge in [-0.3, -0.25) is 0 Å². The number of aliphatic hydroxyl groups excluding tert-OH is 1. The van der Waals surface area contributed by atoms with Gasteiger partial charge in [-0.25, -0.2) is 4.39 Å². The third-order valence-corrected chi connectivity index (χ3v) is 2.77. The lowest BCUT2D eigenvalue weighted by atomic mass is 9.86. The zero-order chi connectivity index (χ0) is 12.5. The topological polar surface area (TPSA) is 20.2 Å². The van der Waals surface area contributed by atoms with Gasteiger partial charge in [-0.1, -0.05) is 32.4 Å². The van der Waals surface area contributed by atoms with Gasteiger partial charge in [0.05, 0.1) is 6.10 Å². The smallest absolute Gasteiger partial charge is 0.127 e. The Labute approximate surface area is 101 Å². The van der Waals surface area contributed by atoms with Gasteiger partial charge in [-0.05, 0) is 42.0 Å². The molecule has 1 aromatic rings. The van der Waals surface area contributed by atoms with Crippen LogP contribution in [0.5, 0.6) is 0 Å². The van der Waals surface area contributed by atoms with E-state index in [1.807, 2.05) is 20.8 Å². The molecule has 3 heteroatoms. The molecular formula is C13H18ClFO. The van der Waals surface area contributed by atoms with Gasteiger partial charge in [0.1, 0.15) is 5.82 Å². The van der Waals surface area contributed by atoms with Gasteiger partial charge >= 0.3 is 0 Å². The minimum Gasteiger partial charge on any atom is -0.388 e. The Bertz CT molecular complexity index is 382. The molecule has 0 aromatic heterocycles. The highest BCUT2D eigenvalue weighted by molar-refractivity contribution is 6.31. The van der Waals surface area contributed by atoms with Crippen molar-refractivity contribution >= 4 is 11.6 Å². The number of aryl methyl sites for hydroxylation is 1. The van der Waals surface area contributed by atoms with E-state index in [-0.39, 0.29) is 11.2 Å². The summed E-state index contributed by atoms with van der Waals surface area (Å²) in [5.41, 5.74) is 1.12. The van der Waals surface area contributed by atoms with Crippen LogP contribution in [-0.4, -0.2) is 5.11 Å². The van der Waals surface area contributed by atoms with E-state index in [0.29, 0.717) is 22.6 Å². The maximum atomic E-state index is 13.2. The monoisotopic (exact) mass is 244 g/mol. The van der Waals surface area contributed by atoms with Crippen LogP contribution in [0.3, 0.4) is 0 Å². The van der Waals surface area contributed by atoms with Crippen molar-refractivity contribution in [2.75, 3.05) is 0 Å². The van der Waals surface area contributed by atoms with Gasteiger partial charge in [0.2, 0.25) is 0 Å². The first-order chi connectivity index (χ1) is 7.20. The van der Waals surface area contributed by atoms with E-state index in [2.05, 4.69) is 0 Å². The highest BCUT2D eigenvalue weighted by Gasteiger charge is 2.20. The number of rotatable bonds is 2. The lowest BCUT2D eigenvalue weighted by Gasteiger charge is -2.23. The largest absolute Gasteiger partial charge is 0.388 e. The van der Waals surface area contributed by atoms with Crippen LogP contribution in [0.25, 0.3) is 0 Å². The van der Waals surface area contributed by atoms with Gasteiger partial charge in [0.15, 0.2) is 0 Å². The molecule has 1 atom stereocenters. The molecule has 0 spiro atoms. The minimum absolute atomic E-state index is 0.00500. The summed E-state index contributed by atoms with van der Waals surface area (Å²) in [6.07, 6.45) is -0.0514. The van der Waals surface area contributed by atoms with Crippen molar-refractivity contribution in [1.82, 2.24) is 0 Å². The lowest BCUT2D eigenvalue weighted by Crippen LogP contribution is -2.12. The predicted octanol–water partition coefficient (Wildman–Crippen LogP) is 4.26. The third-order valence-electron chi connectivity index (χ3n) is 2.44. The highest BCUT2D eigenvalue weighted by Crippen LogP contribution is 2.33. The van der Waals surface area contributed by atoms with E-state index in [4.69, 9.17) is 11.6 Å². The van der Waals surface area contributed by atoms with Gasteiger partial charge in [0.25, 0.3) is 0 Å². The average molecular weight is 245 g/mol. The number of halogens is 2. The Morgan fingerprint density at radius 3 is 2.44 bits per heavy atom. The fourth-order valence-corrected chi connectivity index (χ4v) is 1.90. The molecule has 1 N–H and O–H groups in total. The van der Waals surface area contributed by atoms with E-state index < -0.39 is 6.10 Å². The highest BCUT2D eigenvalue weighted by atomic mass is 35.5. The number of hydrogen-bond acceptors (Lipinski definition) is 1. The molecule has 0 fully saturated rings. The number of aliphatic hydroxyl groups is 1. The molecule has 0 radical (unpaired) electrons. The molecule has 1 nitrogen and oxygen atoms in total. The Kier molecular flexibility index (Phi) is 3.97. The first kappa shape index (κ1) is 13.5. The molecule has 0 saturated heterocycles. The molecule has 1 unspecified atom stereocenters. The molecule has 0 aliphatic heterocycles. The molecule has 0 amide bonds. The maximum Gasteiger partial charge on any atom is 0.127 e. The molecule has 0 aliphatic rings. The fraction of sp³-hybridized carbons (Fsp3) is 0.538. The molecule has 0 bridgehead atoms. The Hall–Kier alpha value is -0.600. The molecule has 90 valence electrons. The summed E-state index contributed by atoms with van der Waals surface area (Å²) in [6.45, 7) is 7.79. The lowest BCUT2D eigenvalue weighted by molar-refractivity contribution is 0.122. The van der Waals surface area contributed by atoms with Crippen LogP contribution in [0.2, 0.25) is 5.02 Å². The zero-order valence-corrected chi connectivity index (χ0v) is 10.9. The van der Waals surface area contributed by atoms with E-state index in [0.717, 1.165) is 0 Å². The van der Waals surface area contributed by atoms with Crippen LogP contribution in [-0.2, 0) is 0 Å². The van der Waals surface area contributed by atoms with Crippen LogP contribution in [0.1, 0.15) is 44.4 Å². The molecule has 1 rings (SSSR count). The predicted molar refractivity (Wildman–Crippen MR) is 65.2 cm³/mol. The maximum absolute atomic E-state index is 13.2. The molecule has 1 aromatic carbocycles. The van der Waals surface area contributed by atoms with Crippen molar-refractivity contribution in [1.29, 1.82) is 0 Å². The van der Waals surface area contributed by atoms with Crippen molar-refractivity contribution in [3.8, 4) is 0 Å². The van der Waals surface area contributed by atoms with Gasteiger partial charge < -0.3 is 5.11 Å². The van der Waals surface area contributed by atoms with Crippen LogP contribution >= 0.6 is 11.6 Å². The van der Waals surface area contributed by atoms with E-state index in [1.54, 1.807) is 13.0 Å². The van der Waals surface area contributed by atoms with Crippen LogP contribution < -0.4 is 0 Å². The normalized spacial score (nSPS) is 13.9. The van der Waals surface area contributed by atoms with E-state index in [9.17, 15) is 9.50 Å². The van der Waals surface area contributed by atoms with Gasteiger partial charge in [-0.15, -0.1) is 0 Å². The summed E-state index contributed by atoms with van der Waals surface area (Å²) < 4.78 is 13.2. The molecule has 0 heterocycles. The quantitative estimate of drug-likeness (QED) is 0.824. The van der Waals surface area contributed by atoms with E-state index >= 15 is 0 Å². The van der Waals surface area contributed by atoms with Crippen LogP contribution in [0.15, 0.2) is 12.1 Å². The summed E-state index contributed by atoms with van der Waals surface area (Å²) in [5, 5.41) is 10.3.